The molecule has 0 spiro atoms. The molecule has 25 heavy (non-hydrogen) atoms. The van der Waals surface area contributed by atoms with Gasteiger partial charge in [0, 0.05) is 24.8 Å². The van der Waals surface area contributed by atoms with Crippen molar-refractivity contribution in [1.82, 2.24) is 4.90 Å². The van der Waals surface area contributed by atoms with Crippen LogP contribution in [0.15, 0.2) is 42.5 Å². The zero-order valence-corrected chi connectivity index (χ0v) is 15.0. The van der Waals surface area contributed by atoms with E-state index in [0.717, 1.165) is 22.4 Å². The Morgan fingerprint density at radius 1 is 1.04 bits per heavy atom. The summed E-state index contributed by atoms with van der Waals surface area (Å²) in [7, 11) is 1.64. The van der Waals surface area contributed by atoms with Gasteiger partial charge in [-0.3, -0.25) is 9.59 Å². The number of nitrogen functional groups attached to an aromatic ring is 1. The van der Waals surface area contributed by atoms with Crippen molar-refractivity contribution in [3.8, 4) is 0 Å². The molecule has 2 aromatic rings. The second-order valence-electron chi connectivity index (χ2n) is 6.26. The molecule has 0 saturated heterocycles. The number of aryl methyl sites for hydroxylation is 3. The summed E-state index contributed by atoms with van der Waals surface area (Å²) in [6.07, 6.45) is 0.885. The van der Waals surface area contributed by atoms with E-state index >= 15 is 0 Å². The molecular formula is C20H25N3O2. The summed E-state index contributed by atoms with van der Waals surface area (Å²) in [5.74, 6) is -0.285. The standard InChI is InChI=1S/C20H25N3O2/c1-14-7-6-8-15(2)20(14)22-18(24)13-23(3)19(25)12-11-16-9-4-5-10-17(16)21/h4-10H,11-13,21H2,1-3H3,(H,22,24). The van der Waals surface area contributed by atoms with Gasteiger partial charge in [-0.05, 0) is 43.0 Å². The van der Waals surface area contributed by atoms with Crippen molar-refractivity contribution >= 4 is 23.2 Å². The Balaban J connectivity index is 1.88. The van der Waals surface area contributed by atoms with Crippen molar-refractivity contribution in [3.63, 3.8) is 0 Å². The van der Waals surface area contributed by atoms with Gasteiger partial charge in [-0.1, -0.05) is 36.4 Å². The number of amides is 2. The van der Waals surface area contributed by atoms with Crippen molar-refractivity contribution in [1.29, 1.82) is 0 Å². The minimum atomic E-state index is -0.201. The summed E-state index contributed by atoms with van der Waals surface area (Å²) in [5, 5.41) is 2.89. The first-order valence-electron chi connectivity index (χ1n) is 8.32. The summed E-state index contributed by atoms with van der Waals surface area (Å²) in [4.78, 5) is 25.9. The molecule has 2 rings (SSSR count). The van der Waals surface area contributed by atoms with Crippen LogP contribution in [0.4, 0.5) is 11.4 Å². The van der Waals surface area contributed by atoms with Crippen LogP contribution in [0.5, 0.6) is 0 Å². The Bertz CT molecular complexity index is 751. The second kappa shape index (κ2) is 8.33. The number of anilines is 2. The van der Waals surface area contributed by atoms with Crippen LogP contribution in [-0.4, -0.2) is 30.3 Å². The maximum absolute atomic E-state index is 12.3. The fraction of sp³-hybridized carbons (Fsp3) is 0.300. The number of para-hydroxylation sites is 2. The Hall–Kier alpha value is -2.82. The molecule has 0 saturated carbocycles. The van der Waals surface area contributed by atoms with Crippen LogP contribution in [0.25, 0.3) is 0 Å². The van der Waals surface area contributed by atoms with Gasteiger partial charge in [0.05, 0.1) is 6.54 Å². The van der Waals surface area contributed by atoms with Gasteiger partial charge in [0.2, 0.25) is 11.8 Å². The van der Waals surface area contributed by atoms with Gasteiger partial charge in [0.25, 0.3) is 0 Å². The van der Waals surface area contributed by atoms with Crippen LogP contribution in [0, 0.1) is 13.8 Å². The van der Waals surface area contributed by atoms with Crippen molar-refractivity contribution in [2.45, 2.75) is 26.7 Å². The minimum Gasteiger partial charge on any atom is -0.399 e. The smallest absolute Gasteiger partial charge is 0.243 e. The van der Waals surface area contributed by atoms with Crippen LogP contribution in [-0.2, 0) is 16.0 Å². The first-order valence-corrected chi connectivity index (χ1v) is 8.32. The third kappa shape index (κ3) is 5.08. The third-order valence-corrected chi connectivity index (χ3v) is 4.22. The molecule has 132 valence electrons. The molecule has 0 aliphatic rings. The zero-order chi connectivity index (χ0) is 18.4. The summed E-state index contributed by atoms with van der Waals surface area (Å²) in [5.41, 5.74) is 10.3. The molecule has 0 heterocycles. The lowest BCUT2D eigenvalue weighted by atomic mass is 10.1. The summed E-state index contributed by atoms with van der Waals surface area (Å²) in [6, 6.07) is 13.3. The minimum absolute atomic E-state index is 0.0247. The van der Waals surface area contributed by atoms with E-state index in [1.165, 1.54) is 4.90 Å². The molecule has 0 atom stereocenters. The second-order valence-corrected chi connectivity index (χ2v) is 6.26. The number of benzene rings is 2. The van der Waals surface area contributed by atoms with Crippen molar-refractivity contribution in [3.05, 3.63) is 59.2 Å². The summed E-state index contributed by atoms with van der Waals surface area (Å²) < 4.78 is 0. The number of nitrogens with zero attached hydrogens (tertiary/aromatic N) is 1. The highest BCUT2D eigenvalue weighted by molar-refractivity contribution is 5.95. The van der Waals surface area contributed by atoms with Crippen LogP contribution in [0.1, 0.15) is 23.1 Å². The molecule has 5 heteroatoms. The highest BCUT2D eigenvalue weighted by Crippen LogP contribution is 2.19. The van der Waals surface area contributed by atoms with Crippen molar-refractivity contribution < 1.29 is 9.59 Å². The lowest BCUT2D eigenvalue weighted by molar-refractivity contribution is -0.133. The average Bonchev–Trinajstić information content (AvgIpc) is 2.57. The largest absolute Gasteiger partial charge is 0.399 e. The Morgan fingerprint density at radius 2 is 1.68 bits per heavy atom. The number of hydrogen-bond acceptors (Lipinski definition) is 3. The Morgan fingerprint density at radius 3 is 2.32 bits per heavy atom. The molecule has 0 aliphatic heterocycles. The molecule has 2 aromatic carbocycles. The zero-order valence-electron chi connectivity index (χ0n) is 15.0. The van der Waals surface area contributed by atoms with E-state index in [1.54, 1.807) is 7.05 Å². The topological polar surface area (TPSA) is 75.4 Å². The van der Waals surface area contributed by atoms with Gasteiger partial charge < -0.3 is 16.0 Å². The number of carbonyl (C=O) groups is 2. The van der Waals surface area contributed by atoms with Gasteiger partial charge in [-0.15, -0.1) is 0 Å². The normalized spacial score (nSPS) is 10.4. The van der Waals surface area contributed by atoms with Gasteiger partial charge >= 0.3 is 0 Å². The maximum Gasteiger partial charge on any atom is 0.243 e. The fourth-order valence-electron chi connectivity index (χ4n) is 2.69. The van der Waals surface area contributed by atoms with Crippen molar-refractivity contribution in [2.24, 2.45) is 0 Å². The predicted octanol–water partition coefficient (Wildman–Crippen LogP) is 2.92. The van der Waals surface area contributed by atoms with Gasteiger partial charge in [-0.2, -0.15) is 0 Å². The van der Waals surface area contributed by atoms with E-state index in [9.17, 15) is 9.59 Å². The third-order valence-electron chi connectivity index (χ3n) is 4.22. The van der Waals surface area contributed by atoms with E-state index in [2.05, 4.69) is 5.32 Å². The number of hydrogen-bond donors (Lipinski definition) is 2. The number of rotatable bonds is 6. The molecule has 0 radical (unpaired) electrons. The number of nitrogens with one attached hydrogen (secondary N) is 1. The molecular weight excluding hydrogens is 314 g/mol. The van der Waals surface area contributed by atoms with E-state index in [1.807, 2.05) is 56.3 Å². The SMILES string of the molecule is Cc1cccc(C)c1NC(=O)CN(C)C(=O)CCc1ccccc1N. The summed E-state index contributed by atoms with van der Waals surface area (Å²) >= 11 is 0. The highest BCUT2D eigenvalue weighted by atomic mass is 16.2. The molecule has 0 aliphatic carbocycles. The quantitative estimate of drug-likeness (QED) is 0.795. The average molecular weight is 339 g/mol. The Labute approximate surface area is 148 Å². The maximum atomic E-state index is 12.3. The molecule has 0 unspecified atom stereocenters. The predicted molar refractivity (Wildman–Crippen MR) is 101 cm³/mol. The van der Waals surface area contributed by atoms with Gasteiger partial charge in [0.1, 0.15) is 0 Å². The lowest BCUT2D eigenvalue weighted by Gasteiger charge is -2.18. The molecule has 5 nitrogen and oxygen atoms in total. The fourth-order valence-corrected chi connectivity index (χ4v) is 2.69. The first kappa shape index (κ1) is 18.5. The highest BCUT2D eigenvalue weighted by Gasteiger charge is 2.14. The van der Waals surface area contributed by atoms with Crippen LogP contribution >= 0.6 is 0 Å². The number of nitrogens with two attached hydrogens (primary N) is 1. The Kier molecular flexibility index (Phi) is 6.17. The van der Waals surface area contributed by atoms with Crippen LogP contribution in [0.3, 0.4) is 0 Å². The van der Waals surface area contributed by atoms with E-state index in [-0.39, 0.29) is 18.4 Å². The number of carbonyl (C=O) groups excluding carboxylic acids is 2. The van der Waals surface area contributed by atoms with Gasteiger partial charge in [0.15, 0.2) is 0 Å². The summed E-state index contributed by atoms with van der Waals surface area (Å²) in [6.45, 7) is 3.92. The first-order chi connectivity index (χ1) is 11.9. The van der Waals surface area contributed by atoms with Gasteiger partial charge in [-0.25, -0.2) is 0 Å². The molecule has 2 amide bonds. The van der Waals surface area contributed by atoms with Crippen LogP contribution < -0.4 is 11.1 Å². The molecule has 0 bridgehead atoms. The van der Waals surface area contributed by atoms with Crippen LogP contribution in [0.2, 0.25) is 0 Å². The van der Waals surface area contributed by atoms with Crippen molar-refractivity contribution in [2.75, 3.05) is 24.6 Å². The molecule has 0 fully saturated rings. The molecule has 3 N–H and O–H groups in total. The van der Waals surface area contributed by atoms with E-state index in [4.69, 9.17) is 5.73 Å². The lowest BCUT2D eigenvalue weighted by Crippen LogP contribution is -2.35. The molecule has 0 aromatic heterocycles. The monoisotopic (exact) mass is 339 g/mol. The van der Waals surface area contributed by atoms with E-state index < -0.39 is 0 Å². The number of likely N-dealkylation sites (N-methyl/N-ethyl adjacent to an activating group) is 1. The van der Waals surface area contributed by atoms with E-state index in [0.29, 0.717) is 18.5 Å².